The number of anilines is 2. The summed E-state index contributed by atoms with van der Waals surface area (Å²) >= 11 is 0. The van der Waals surface area contributed by atoms with Gasteiger partial charge >= 0.3 is 6.09 Å². The van der Waals surface area contributed by atoms with Gasteiger partial charge in [-0.3, -0.25) is 4.79 Å². The van der Waals surface area contributed by atoms with Gasteiger partial charge in [0.25, 0.3) is 0 Å². The van der Waals surface area contributed by atoms with Gasteiger partial charge in [-0.05, 0) is 40.8 Å². The van der Waals surface area contributed by atoms with Crippen molar-refractivity contribution in [2.45, 2.75) is 51.3 Å². The number of carbonyl (C=O) groups excluding carboxylic acids is 2. The summed E-state index contributed by atoms with van der Waals surface area (Å²) in [4.78, 5) is 40.2. The summed E-state index contributed by atoms with van der Waals surface area (Å²) in [6.07, 6.45) is 6.98. The topological polar surface area (TPSA) is 117 Å². The third kappa shape index (κ3) is 7.63. The number of aromatic nitrogens is 3. The van der Waals surface area contributed by atoms with E-state index in [1.165, 1.54) is 0 Å². The molecule has 12 nitrogen and oxygen atoms in total. The molecule has 1 unspecified atom stereocenters. The number of nitrogens with zero attached hydrogens (tertiary/aromatic N) is 6. The summed E-state index contributed by atoms with van der Waals surface area (Å²) in [7, 11) is 5.59. The van der Waals surface area contributed by atoms with E-state index in [4.69, 9.17) is 14.5 Å². The molecule has 2 aromatic rings. The molecule has 2 amide bonds. The van der Waals surface area contributed by atoms with Crippen LogP contribution in [-0.4, -0.2) is 120 Å². The molecular weight excluding hydrogens is 512 g/mol. The predicted octanol–water partition coefficient (Wildman–Crippen LogP) is 2.80. The van der Waals surface area contributed by atoms with Crippen LogP contribution in [0.5, 0.6) is 0 Å². The highest BCUT2D eigenvalue weighted by atomic mass is 16.6. The fourth-order valence-corrected chi connectivity index (χ4v) is 5.00. The Hall–Kier alpha value is -3.38. The maximum atomic E-state index is 12.9. The molecule has 2 aromatic heterocycles. The van der Waals surface area contributed by atoms with Crippen LogP contribution in [0.15, 0.2) is 24.5 Å². The van der Waals surface area contributed by atoms with Gasteiger partial charge in [-0.25, -0.2) is 14.8 Å². The van der Waals surface area contributed by atoms with E-state index < -0.39 is 0 Å². The van der Waals surface area contributed by atoms with Crippen molar-refractivity contribution in [2.24, 2.45) is 0 Å². The minimum absolute atomic E-state index is 0.0345. The molecule has 4 rings (SSSR count). The molecule has 0 bridgehead atoms. The van der Waals surface area contributed by atoms with Crippen molar-refractivity contribution < 1.29 is 19.1 Å². The number of ether oxygens (including phenoxy) is 2. The van der Waals surface area contributed by atoms with Gasteiger partial charge < -0.3 is 39.4 Å². The van der Waals surface area contributed by atoms with Crippen molar-refractivity contribution in [3.63, 3.8) is 0 Å². The number of hydrogen-bond donors (Lipinski definition) is 2. The largest absolute Gasteiger partial charge is 0.444 e. The van der Waals surface area contributed by atoms with Gasteiger partial charge in [0.05, 0.1) is 25.2 Å². The van der Waals surface area contributed by atoms with E-state index in [-0.39, 0.29) is 30.2 Å². The van der Waals surface area contributed by atoms with E-state index in [0.717, 1.165) is 35.5 Å². The van der Waals surface area contributed by atoms with E-state index in [0.29, 0.717) is 52.3 Å². The molecule has 0 aliphatic carbocycles. The third-order valence-electron chi connectivity index (χ3n) is 7.27. The van der Waals surface area contributed by atoms with Gasteiger partial charge in [-0.15, -0.1) is 0 Å². The SMILES string of the molecule is COCCNc1cc(NC2CCN(C(=O)OC3CCN(C(=O)C=CCN(C)C)C3)CC2)c2ncn(C(C)C)c2n1. The maximum Gasteiger partial charge on any atom is 0.410 e. The molecule has 2 aliphatic rings. The smallest absolute Gasteiger partial charge is 0.410 e. The zero-order valence-electron chi connectivity index (χ0n) is 24.4. The third-order valence-corrected chi connectivity index (χ3v) is 7.27. The molecule has 0 radical (unpaired) electrons. The number of likely N-dealkylation sites (tertiary alicyclic amines) is 2. The Morgan fingerprint density at radius 2 is 1.93 bits per heavy atom. The minimum Gasteiger partial charge on any atom is -0.444 e. The number of likely N-dealkylation sites (N-methyl/N-ethyl adjacent to an activating group) is 1. The lowest BCUT2D eigenvalue weighted by molar-refractivity contribution is -0.125. The fourth-order valence-electron chi connectivity index (χ4n) is 5.00. The lowest BCUT2D eigenvalue weighted by Crippen LogP contribution is -2.44. The van der Waals surface area contributed by atoms with E-state index in [1.54, 1.807) is 23.0 Å². The first-order valence-corrected chi connectivity index (χ1v) is 14.2. The van der Waals surface area contributed by atoms with Crippen molar-refractivity contribution in [1.82, 2.24) is 29.2 Å². The summed E-state index contributed by atoms with van der Waals surface area (Å²) < 4.78 is 13.0. The molecule has 2 saturated heterocycles. The Morgan fingerprint density at radius 1 is 1.18 bits per heavy atom. The number of carbonyl (C=O) groups is 2. The van der Waals surface area contributed by atoms with Crippen LogP contribution in [-0.2, 0) is 14.3 Å². The number of fused-ring (bicyclic) bond motifs is 1. The zero-order chi connectivity index (χ0) is 28.6. The Labute approximate surface area is 236 Å². The number of pyridine rings is 1. The number of amides is 2. The van der Waals surface area contributed by atoms with Crippen LogP contribution in [0.2, 0.25) is 0 Å². The predicted molar refractivity (Wildman–Crippen MR) is 156 cm³/mol. The van der Waals surface area contributed by atoms with Gasteiger partial charge in [0, 0.05) is 70.5 Å². The van der Waals surface area contributed by atoms with Crippen LogP contribution in [0.25, 0.3) is 11.2 Å². The van der Waals surface area contributed by atoms with Gasteiger partial charge in [-0.1, -0.05) is 6.08 Å². The maximum absolute atomic E-state index is 12.9. The van der Waals surface area contributed by atoms with Crippen LogP contribution >= 0.6 is 0 Å². The number of methoxy groups -OCH3 is 1. The number of imidazole rings is 1. The molecule has 1 atom stereocenters. The van der Waals surface area contributed by atoms with Crippen molar-refractivity contribution in [2.75, 3.05) is 77.7 Å². The highest BCUT2D eigenvalue weighted by molar-refractivity contribution is 5.88. The molecule has 2 fully saturated rings. The molecule has 0 spiro atoms. The molecule has 0 saturated carbocycles. The Kier molecular flexibility index (Phi) is 10.2. The second-order valence-electron chi connectivity index (χ2n) is 11.0. The Bertz CT molecular complexity index is 1170. The van der Waals surface area contributed by atoms with Gasteiger partial charge in [0.15, 0.2) is 5.65 Å². The highest BCUT2D eigenvalue weighted by Crippen LogP contribution is 2.28. The van der Waals surface area contributed by atoms with E-state index >= 15 is 0 Å². The van der Waals surface area contributed by atoms with Gasteiger partial charge in [0.2, 0.25) is 5.91 Å². The summed E-state index contributed by atoms with van der Waals surface area (Å²) in [5.41, 5.74) is 2.60. The highest BCUT2D eigenvalue weighted by Gasteiger charge is 2.31. The minimum atomic E-state index is -0.299. The molecule has 4 heterocycles. The summed E-state index contributed by atoms with van der Waals surface area (Å²) in [6, 6.07) is 2.43. The molecule has 220 valence electrons. The lowest BCUT2D eigenvalue weighted by Gasteiger charge is -2.33. The van der Waals surface area contributed by atoms with E-state index in [2.05, 4.69) is 34.0 Å². The normalized spacial score (nSPS) is 18.4. The molecule has 2 N–H and O–H groups in total. The molecular formula is C28H44N8O4. The average Bonchev–Trinajstić information content (AvgIpc) is 3.57. The number of nitrogens with one attached hydrogen (secondary N) is 2. The van der Waals surface area contributed by atoms with Crippen molar-refractivity contribution in [3.8, 4) is 0 Å². The summed E-state index contributed by atoms with van der Waals surface area (Å²) in [5.74, 6) is 0.737. The van der Waals surface area contributed by atoms with Crippen molar-refractivity contribution >= 4 is 34.7 Å². The summed E-state index contributed by atoms with van der Waals surface area (Å²) in [6.45, 7) is 8.43. The molecule has 0 aromatic carbocycles. The van der Waals surface area contributed by atoms with Crippen LogP contribution in [0.1, 0.15) is 39.2 Å². The molecule has 12 heteroatoms. The van der Waals surface area contributed by atoms with Crippen LogP contribution in [0.3, 0.4) is 0 Å². The van der Waals surface area contributed by atoms with Crippen LogP contribution in [0, 0.1) is 0 Å². The number of hydrogen-bond acceptors (Lipinski definition) is 9. The van der Waals surface area contributed by atoms with Crippen LogP contribution < -0.4 is 10.6 Å². The first-order chi connectivity index (χ1) is 19.2. The molecule has 2 aliphatic heterocycles. The van der Waals surface area contributed by atoms with E-state index in [1.807, 2.05) is 37.5 Å². The second kappa shape index (κ2) is 13.8. The lowest BCUT2D eigenvalue weighted by atomic mass is 10.0. The number of rotatable bonds is 11. The van der Waals surface area contributed by atoms with Crippen molar-refractivity contribution in [3.05, 3.63) is 24.5 Å². The molecule has 40 heavy (non-hydrogen) atoms. The second-order valence-corrected chi connectivity index (χ2v) is 11.0. The Morgan fingerprint density at radius 3 is 2.62 bits per heavy atom. The Balaban J connectivity index is 1.30. The van der Waals surface area contributed by atoms with Gasteiger partial charge in [-0.2, -0.15) is 0 Å². The zero-order valence-corrected chi connectivity index (χ0v) is 24.4. The first kappa shape index (κ1) is 29.6. The van der Waals surface area contributed by atoms with E-state index in [9.17, 15) is 9.59 Å². The first-order valence-electron chi connectivity index (χ1n) is 14.2. The fraction of sp³-hybridized carbons (Fsp3) is 0.643. The van der Waals surface area contributed by atoms with Gasteiger partial charge in [0.1, 0.15) is 17.4 Å². The average molecular weight is 557 g/mol. The number of piperidine rings is 1. The monoisotopic (exact) mass is 556 g/mol. The quantitative estimate of drug-likeness (QED) is 0.318. The summed E-state index contributed by atoms with van der Waals surface area (Å²) in [5, 5.41) is 7.00. The van der Waals surface area contributed by atoms with Crippen molar-refractivity contribution in [1.29, 1.82) is 0 Å². The van der Waals surface area contributed by atoms with Crippen LogP contribution in [0.4, 0.5) is 16.3 Å². The standard InChI is InChI=1S/C28H44N8O4/c1-20(2)36-19-30-26-23(17-24(32-27(26)36)29-11-16-39-5)31-21-8-13-34(14-9-21)28(38)40-22-10-15-35(18-22)25(37)7-6-12-33(3)4/h6-7,17,19-22H,8-16,18H2,1-5H3,(H2,29,31,32).